The van der Waals surface area contributed by atoms with Gasteiger partial charge >= 0.3 is 11.9 Å². The highest BCUT2D eigenvalue weighted by molar-refractivity contribution is 6.67. The van der Waals surface area contributed by atoms with Gasteiger partial charge in [-0.05, 0) is 54.9 Å². The number of halogens is 1. The number of benzene rings is 2. The van der Waals surface area contributed by atoms with Crippen LogP contribution in [0.2, 0.25) is 0 Å². The van der Waals surface area contributed by atoms with Crippen molar-refractivity contribution in [3.8, 4) is 0 Å². The number of Topliss-reactive ketones (excluding diaryl/α,β-unsaturated/α-hetero) is 1. The minimum atomic E-state index is -1.06. The topological polar surface area (TPSA) is 109 Å². The lowest BCUT2D eigenvalue weighted by Gasteiger charge is -1.95. The molecule has 124 valence electrons. The van der Waals surface area contributed by atoms with Crippen LogP contribution < -0.4 is 0 Å². The first-order chi connectivity index (χ1) is 11.2. The minimum Gasteiger partial charge on any atom is -0.478 e. The summed E-state index contributed by atoms with van der Waals surface area (Å²) in [5, 5.41) is 16.4. The van der Waals surface area contributed by atoms with Crippen molar-refractivity contribution in [3.05, 3.63) is 70.8 Å². The molecule has 0 atom stereocenters. The molecular weight excluding hydrogens is 336 g/mol. The Bertz CT molecular complexity index is 629. The Morgan fingerprint density at radius 1 is 0.667 bits per heavy atom. The predicted octanol–water partition coefficient (Wildman–Crippen LogP) is 3.35. The lowest BCUT2D eigenvalue weighted by molar-refractivity contribution is 0.0681. The number of aromatic carboxylic acids is 2. The van der Waals surface area contributed by atoms with Crippen LogP contribution in [-0.4, -0.2) is 33.2 Å². The van der Waals surface area contributed by atoms with Crippen LogP contribution in [0, 0.1) is 0 Å². The van der Waals surface area contributed by atoms with Gasteiger partial charge in [-0.2, -0.15) is 0 Å². The second-order valence-electron chi connectivity index (χ2n) is 4.59. The van der Waals surface area contributed by atoms with Gasteiger partial charge < -0.3 is 10.2 Å². The highest BCUT2D eigenvalue weighted by Crippen LogP contribution is 2.07. The largest absolute Gasteiger partial charge is 0.478 e. The minimum absolute atomic E-state index is 0.0245. The molecule has 0 saturated heterocycles. The van der Waals surface area contributed by atoms with Gasteiger partial charge in [0, 0.05) is 11.1 Å². The summed E-state index contributed by atoms with van der Waals surface area (Å²) in [4.78, 5) is 42.1. The van der Waals surface area contributed by atoms with Crippen LogP contribution >= 0.6 is 11.6 Å². The van der Waals surface area contributed by atoms with E-state index in [4.69, 9.17) is 21.8 Å². The number of ketones is 1. The highest BCUT2D eigenvalue weighted by atomic mass is 35.5. The van der Waals surface area contributed by atoms with Crippen molar-refractivity contribution in [1.82, 2.24) is 0 Å². The van der Waals surface area contributed by atoms with Gasteiger partial charge in [0.25, 0.3) is 5.24 Å². The summed E-state index contributed by atoms with van der Waals surface area (Å²) in [5.74, 6) is -2.15. The van der Waals surface area contributed by atoms with E-state index in [9.17, 15) is 19.2 Å². The van der Waals surface area contributed by atoms with E-state index < -0.39 is 17.2 Å². The van der Waals surface area contributed by atoms with Gasteiger partial charge in [-0.1, -0.05) is 12.1 Å². The molecule has 0 aliphatic carbocycles. The average Bonchev–Trinajstić information content (AvgIpc) is 2.55. The molecule has 2 N–H and O–H groups in total. The van der Waals surface area contributed by atoms with Crippen LogP contribution in [0.3, 0.4) is 0 Å². The first kappa shape index (κ1) is 19.1. The Labute approximate surface area is 142 Å². The SMILES string of the molecule is CC(=O)c1ccc(C(=O)Cl)cc1.O=C(O)c1ccc(C(=O)O)cc1. The van der Waals surface area contributed by atoms with E-state index in [1.165, 1.54) is 43.3 Å². The average molecular weight is 349 g/mol. The second kappa shape index (κ2) is 8.59. The molecular formula is C17H13ClO6. The quantitative estimate of drug-likeness (QED) is 0.647. The van der Waals surface area contributed by atoms with Gasteiger partial charge in [0.05, 0.1) is 11.1 Å². The summed E-state index contributed by atoms with van der Waals surface area (Å²) in [6.45, 7) is 1.47. The van der Waals surface area contributed by atoms with Gasteiger partial charge in [-0.25, -0.2) is 9.59 Å². The molecule has 0 saturated carbocycles. The fourth-order valence-electron chi connectivity index (χ4n) is 1.59. The molecule has 24 heavy (non-hydrogen) atoms. The molecule has 0 spiro atoms. The summed E-state index contributed by atoms with van der Waals surface area (Å²) in [7, 11) is 0. The van der Waals surface area contributed by atoms with E-state index in [0.717, 1.165) is 0 Å². The highest BCUT2D eigenvalue weighted by Gasteiger charge is 2.05. The third-order valence-electron chi connectivity index (χ3n) is 2.90. The van der Waals surface area contributed by atoms with E-state index >= 15 is 0 Å². The summed E-state index contributed by atoms with van der Waals surface area (Å²) in [6, 6.07) is 11.3. The van der Waals surface area contributed by atoms with Gasteiger partial charge in [0.2, 0.25) is 0 Å². The van der Waals surface area contributed by atoms with E-state index in [1.807, 2.05) is 0 Å². The smallest absolute Gasteiger partial charge is 0.335 e. The van der Waals surface area contributed by atoms with Crippen molar-refractivity contribution in [2.45, 2.75) is 6.92 Å². The maximum absolute atomic E-state index is 10.8. The first-order valence-electron chi connectivity index (χ1n) is 6.60. The Kier molecular flexibility index (Phi) is 6.82. The molecule has 0 bridgehead atoms. The maximum atomic E-state index is 10.8. The third-order valence-corrected chi connectivity index (χ3v) is 3.12. The zero-order valence-electron chi connectivity index (χ0n) is 12.5. The van der Waals surface area contributed by atoms with Crippen LogP contribution in [0.5, 0.6) is 0 Å². The number of carbonyl (C=O) groups is 4. The number of carbonyl (C=O) groups excluding carboxylic acids is 2. The van der Waals surface area contributed by atoms with Crippen molar-refractivity contribution in [3.63, 3.8) is 0 Å². The zero-order valence-corrected chi connectivity index (χ0v) is 13.3. The van der Waals surface area contributed by atoms with Crippen LogP contribution in [0.1, 0.15) is 48.4 Å². The summed E-state index contributed by atoms with van der Waals surface area (Å²) in [6.07, 6.45) is 0. The summed E-state index contributed by atoms with van der Waals surface area (Å²) < 4.78 is 0. The van der Waals surface area contributed by atoms with Crippen molar-refractivity contribution < 1.29 is 29.4 Å². The Balaban J connectivity index is 0.000000240. The van der Waals surface area contributed by atoms with E-state index in [1.54, 1.807) is 12.1 Å². The molecule has 0 heterocycles. The molecule has 0 amide bonds. The van der Waals surface area contributed by atoms with Gasteiger partial charge in [0.1, 0.15) is 0 Å². The molecule has 0 radical (unpaired) electrons. The molecule has 2 aromatic rings. The first-order valence-corrected chi connectivity index (χ1v) is 6.97. The van der Waals surface area contributed by atoms with Crippen LogP contribution in [0.4, 0.5) is 0 Å². The van der Waals surface area contributed by atoms with Crippen LogP contribution in [0.15, 0.2) is 48.5 Å². The molecule has 2 aromatic carbocycles. The second-order valence-corrected chi connectivity index (χ2v) is 4.94. The molecule has 0 fully saturated rings. The Morgan fingerprint density at radius 2 is 0.958 bits per heavy atom. The molecule has 0 unspecified atom stereocenters. The van der Waals surface area contributed by atoms with Crippen molar-refractivity contribution in [2.75, 3.05) is 0 Å². The number of carboxylic acids is 2. The number of rotatable bonds is 4. The van der Waals surface area contributed by atoms with Crippen molar-refractivity contribution in [1.29, 1.82) is 0 Å². The molecule has 0 aromatic heterocycles. The summed E-state index contributed by atoms with van der Waals surface area (Å²) >= 11 is 5.21. The van der Waals surface area contributed by atoms with Crippen LogP contribution in [-0.2, 0) is 0 Å². The lowest BCUT2D eigenvalue weighted by atomic mass is 10.1. The number of carboxylic acid groups (broad SMARTS) is 2. The van der Waals surface area contributed by atoms with Crippen LogP contribution in [0.25, 0.3) is 0 Å². The van der Waals surface area contributed by atoms with Crippen molar-refractivity contribution >= 4 is 34.6 Å². The molecule has 7 heteroatoms. The zero-order chi connectivity index (χ0) is 18.3. The van der Waals surface area contributed by atoms with Gasteiger partial charge in [-0.3, -0.25) is 9.59 Å². The maximum Gasteiger partial charge on any atom is 0.335 e. The molecule has 0 aliphatic heterocycles. The molecule has 0 aliphatic rings. The summed E-state index contributed by atoms with van der Waals surface area (Å²) in [5.41, 5.74) is 1.15. The molecule has 6 nitrogen and oxygen atoms in total. The van der Waals surface area contributed by atoms with E-state index in [0.29, 0.717) is 11.1 Å². The normalized spacial score (nSPS) is 9.42. The Hall–Kier alpha value is -2.99. The van der Waals surface area contributed by atoms with Gasteiger partial charge in [-0.15, -0.1) is 0 Å². The third kappa shape index (κ3) is 5.66. The Morgan fingerprint density at radius 3 is 1.21 bits per heavy atom. The predicted molar refractivity (Wildman–Crippen MR) is 87.0 cm³/mol. The molecule has 2 rings (SSSR count). The van der Waals surface area contributed by atoms with E-state index in [2.05, 4.69) is 0 Å². The van der Waals surface area contributed by atoms with Gasteiger partial charge in [0.15, 0.2) is 5.78 Å². The van der Waals surface area contributed by atoms with Crippen molar-refractivity contribution in [2.24, 2.45) is 0 Å². The monoisotopic (exact) mass is 348 g/mol. The fraction of sp³-hybridized carbons (Fsp3) is 0.0588. The standard InChI is InChI=1S/C9H7ClO2.C8H6O4/c1-6(11)7-2-4-8(5-3-7)9(10)12;9-7(10)5-1-2-6(4-3-5)8(11)12/h2-5H,1H3;1-4H,(H,9,10)(H,11,12). The fourth-order valence-corrected chi connectivity index (χ4v) is 1.72. The van der Waals surface area contributed by atoms with E-state index in [-0.39, 0.29) is 16.9 Å². The number of hydrogen-bond donors (Lipinski definition) is 2. The number of hydrogen-bond acceptors (Lipinski definition) is 4. The lowest BCUT2D eigenvalue weighted by Crippen LogP contribution is -1.99.